The summed E-state index contributed by atoms with van der Waals surface area (Å²) in [5, 5.41) is 5.71. The minimum Gasteiger partial charge on any atom is -0.355 e. The average molecular weight is 290 g/mol. The van der Waals surface area contributed by atoms with Crippen molar-refractivity contribution in [2.24, 2.45) is 0 Å². The van der Waals surface area contributed by atoms with Gasteiger partial charge in [0.1, 0.15) is 5.92 Å². The van der Waals surface area contributed by atoms with Gasteiger partial charge in [-0.1, -0.05) is 57.0 Å². The quantitative estimate of drug-likeness (QED) is 0.542. The number of amides is 2. The second-order valence-corrected chi connectivity index (χ2v) is 5.13. The van der Waals surface area contributed by atoms with Crippen molar-refractivity contribution in [2.75, 3.05) is 13.1 Å². The summed E-state index contributed by atoms with van der Waals surface area (Å²) in [6.07, 6.45) is 3.87. The summed E-state index contributed by atoms with van der Waals surface area (Å²) in [5.74, 6) is -1.20. The Balaban J connectivity index is 2.75. The van der Waals surface area contributed by atoms with E-state index in [-0.39, 0.29) is 11.8 Å². The molecule has 0 saturated carbocycles. The van der Waals surface area contributed by atoms with Gasteiger partial charge < -0.3 is 10.6 Å². The second kappa shape index (κ2) is 9.97. The summed E-state index contributed by atoms with van der Waals surface area (Å²) >= 11 is 0. The van der Waals surface area contributed by atoms with Gasteiger partial charge in [0, 0.05) is 13.1 Å². The van der Waals surface area contributed by atoms with E-state index in [1.54, 1.807) is 0 Å². The molecule has 1 aromatic rings. The number of hydrogen-bond acceptors (Lipinski definition) is 2. The van der Waals surface area contributed by atoms with Crippen molar-refractivity contribution in [2.45, 2.75) is 45.4 Å². The fraction of sp³-hybridized carbons (Fsp3) is 0.529. The molecule has 0 aliphatic heterocycles. The summed E-state index contributed by atoms with van der Waals surface area (Å²) in [7, 11) is 0. The van der Waals surface area contributed by atoms with Crippen LogP contribution in [0, 0.1) is 0 Å². The highest BCUT2D eigenvalue weighted by atomic mass is 16.2. The molecule has 0 saturated heterocycles. The Morgan fingerprint density at radius 2 is 1.38 bits per heavy atom. The molecule has 0 radical (unpaired) electrons. The third kappa shape index (κ3) is 5.98. The maximum Gasteiger partial charge on any atom is 0.237 e. The summed E-state index contributed by atoms with van der Waals surface area (Å²) in [4.78, 5) is 24.6. The highest BCUT2D eigenvalue weighted by molar-refractivity contribution is 6.05. The van der Waals surface area contributed by atoms with Crippen molar-refractivity contribution in [3.8, 4) is 0 Å². The molecule has 0 aromatic heterocycles. The first-order chi connectivity index (χ1) is 10.2. The Labute approximate surface area is 127 Å². The molecule has 0 heterocycles. The average Bonchev–Trinajstić information content (AvgIpc) is 2.49. The number of benzene rings is 1. The topological polar surface area (TPSA) is 58.2 Å². The van der Waals surface area contributed by atoms with Gasteiger partial charge in [-0.2, -0.15) is 0 Å². The van der Waals surface area contributed by atoms with E-state index in [0.29, 0.717) is 13.1 Å². The largest absolute Gasteiger partial charge is 0.355 e. The van der Waals surface area contributed by atoms with Crippen molar-refractivity contribution in [1.29, 1.82) is 0 Å². The van der Waals surface area contributed by atoms with Gasteiger partial charge >= 0.3 is 0 Å². The molecule has 4 nitrogen and oxygen atoms in total. The highest BCUT2D eigenvalue weighted by Gasteiger charge is 2.27. The SMILES string of the molecule is CCCCNC(=O)C(C(=O)NCCCC)c1ccccc1. The molecule has 0 spiro atoms. The molecular formula is C17H26N2O2. The molecule has 0 bridgehead atoms. The zero-order valence-corrected chi connectivity index (χ0v) is 13.0. The molecule has 0 atom stereocenters. The molecule has 0 unspecified atom stereocenters. The van der Waals surface area contributed by atoms with Crippen molar-refractivity contribution in [3.63, 3.8) is 0 Å². The lowest BCUT2D eigenvalue weighted by Crippen LogP contribution is -2.40. The fourth-order valence-corrected chi connectivity index (χ4v) is 2.05. The molecule has 2 N–H and O–H groups in total. The van der Waals surface area contributed by atoms with Gasteiger partial charge in [0.15, 0.2) is 0 Å². The molecule has 116 valence electrons. The molecule has 0 aliphatic carbocycles. The smallest absolute Gasteiger partial charge is 0.237 e. The number of unbranched alkanes of at least 4 members (excludes halogenated alkanes) is 2. The van der Waals surface area contributed by atoms with E-state index >= 15 is 0 Å². The summed E-state index contributed by atoms with van der Waals surface area (Å²) in [6, 6.07) is 9.22. The third-order valence-corrected chi connectivity index (χ3v) is 3.32. The molecule has 0 fully saturated rings. The van der Waals surface area contributed by atoms with Gasteiger partial charge in [0.05, 0.1) is 0 Å². The van der Waals surface area contributed by atoms with E-state index in [0.717, 1.165) is 31.2 Å². The van der Waals surface area contributed by atoms with Crippen LogP contribution in [0.15, 0.2) is 30.3 Å². The van der Waals surface area contributed by atoms with Gasteiger partial charge in [-0.3, -0.25) is 9.59 Å². The van der Waals surface area contributed by atoms with Crippen molar-refractivity contribution in [3.05, 3.63) is 35.9 Å². The minimum atomic E-state index is -0.764. The van der Waals surface area contributed by atoms with Gasteiger partial charge in [-0.25, -0.2) is 0 Å². The second-order valence-electron chi connectivity index (χ2n) is 5.13. The van der Waals surface area contributed by atoms with Crippen LogP contribution in [0.25, 0.3) is 0 Å². The predicted molar refractivity (Wildman–Crippen MR) is 85.0 cm³/mol. The first-order valence-electron chi connectivity index (χ1n) is 7.81. The van der Waals surface area contributed by atoms with Crippen LogP contribution in [0.5, 0.6) is 0 Å². The van der Waals surface area contributed by atoms with E-state index in [4.69, 9.17) is 0 Å². The maximum atomic E-state index is 12.3. The van der Waals surface area contributed by atoms with Crippen LogP contribution < -0.4 is 10.6 Å². The molecule has 1 rings (SSSR count). The lowest BCUT2D eigenvalue weighted by molar-refractivity contribution is -0.131. The Hall–Kier alpha value is -1.84. The molecule has 21 heavy (non-hydrogen) atoms. The van der Waals surface area contributed by atoms with Crippen LogP contribution in [-0.4, -0.2) is 24.9 Å². The number of hydrogen-bond donors (Lipinski definition) is 2. The van der Waals surface area contributed by atoms with E-state index in [9.17, 15) is 9.59 Å². The Kier molecular flexibility index (Phi) is 8.17. The van der Waals surface area contributed by atoms with E-state index in [1.807, 2.05) is 30.3 Å². The first-order valence-corrected chi connectivity index (χ1v) is 7.81. The van der Waals surface area contributed by atoms with Gasteiger partial charge in [-0.15, -0.1) is 0 Å². The van der Waals surface area contributed by atoms with E-state index in [1.165, 1.54) is 0 Å². The standard InChI is InChI=1S/C17H26N2O2/c1-3-5-12-18-16(20)15(14-10-8-7-9-11-14)17(21)19-13-6-4-2/h7-11,15H,3-6,12-13H2,1-2H3,(H,18,20)(H,19,21). The normalized spacial score (nSPS) is 10.4. The van der Waals surface area contributed by atoms with Gasteiger partial charge in [-0.05, 0) is 18.4 Å². The van der Waals surface area contributed by atoms with Crippen LogP contribution in [0.4, 0.5) is 0 Å². The minimum absolute atomic E-state index is 0.219. The Morgan fingerprint density at radius 1 is 0.905 bits per heavy atom. The number of carbonyl (C=O) groups excluding carboxylic acids is 2. The first kappa shape index (κ1) is 17.2. The molecule has 4 heteroatoms. The molecule has 1 aromatic carbocycles. The van der Waals surface area contributed by atoms with E-state index in [2.05, 4.69) is 24.5 Å². The molecule has 2 amide bonds. The number of carbonyl (C=O) groups is 2. The maximum absolute atomic E-state index is 12.3. The number of rotatable bonds is 9. The molecular weight excluding hydrogens is 264 g/mol. The van der Waals surface area contributed by atoms with Crippen LogP contribution in [0.3, 0.4) is 0 Å². The zero-order valence-electron chi connectivity index (χ0n) is 13.0. The fourth-order valence-electron chi connectivity index (χ4n) is 2.05. The predicted octanol–water partition coefficient (Wildman–Crippen LogP) is 2.60. The Bertz CT molecular complexity index is 410. The lowest BCUT2D eigenvalue weighted by Gasteiger charge is -2.17. The Morgan fingerprint density at radius 3 is 1.81 bits per heavy atom. The number of nitrogens with one attached hydrogen (secondary N) is 2. The monoisotopic (exact) mass is 290 g/mol. The summed E-state index contributed by atoms with van der Waals surface area (Å²) in [6.45, 7) is 5.36. The van der Waals surface area contributed by atoms with Crippen LogP contribution in [-0.2, 0) is 9.59 Å². The third-order valence-electron chi connectivity index (χ3n) is 3.32. The van der Waals surface area contributed by atoms with Crippen molar-refractivity contribution >= 4 is 11.8 Å². The van der Waals surface area contributed by atoms with Gasteiger partial charge in [0.25, 0.3) is 0 Å². The summed E-state index contributed by atoms with van der Waals surface area (Å²) < 4.78 is 0. The zero-order chi connectivity index (χ0) is 15.5. The van der Waals surface area contributed by atoms with Crippen molar-refractivity contribution < 1.29 is 9.59 Å². The summed E-state index contributed by atoms with van der Waals surface area (Å²) in [5.41, 5.74) is 0.737. The van der Waals surface area contributed by atoms with E-state index < -0.39 is 5.92 Å². The van der Waals surface area contributed by atoms with Crippen LogP contribution in [0.2, 0.25) is 0 Å². The lowest BCUT2D eigenvalue weighted by atomic mass is 9.97. The molecule has 0 aliphatic rings. The van der Waals surface area contributed by atoms with Crippen LogP contribution >= 0.6 is 0 Å². The highest BCUT2D eigenvalue weighted by Crippen LogP contribution is 2.16. The van der Waals surface area contributed by atoms with Crippen LogP contribution in [0.1, 0.15) is 51.0 Å². The van der Waals surface area contributed by atoms with Gasteiger partial charge in [0.2, 0.25) is 11.8 Å². The van der Waals surface area contributed by atoms with Crippen molar-refractivity contribution in [1.82, 2.24) is 10.6 Å².